The van der Waals surface area contributed by atoms with Gasteiger partial charge in [0.2, 0.25) is 0 Å². The molecule has 0 aliphatic carbocycles. The van der Waals surface area contributed by atoms with Crippen molar-refractivity contribution in [3.63, 3.8) is 0 Å². The van der Waals surface area contributed by atoms with Crippen LogP contribution in [0.25, 0.3) is 0 Å². The van der Waals surface area contributed by atoms with Crippen molar-refractivity contribution in [3.05, 3.63) is 65.2 Å². The number of phenolic OH excluding ortho intramolecular Hbond substituents is 1. The van der Waals surface area contributed by atoms with Crippen molar-refractivity contribution in [2.75, 3.05) is 0 Å². The number of benzene rings is 2. The SMILES string of the molecule is Cc1ccc(Cc2cccc(O)c2)cc1. The van der Waals surface area contributed by atoms with Gasteiger partial charge in [0.1, 0.15) is 5.75 Å². The molecule has 2 aromatic rings. The molecule has 1 nitrogen and oxygen atoms in total. The summed E-state index contributed by atoms with van der Waals surface area (Å²) in [4.78, 5) is 0. The maximum absolute atomic E-state index is 9.34. The summed E-state index contributed by atoms with van der Waals surface area (Å²) in [5.74, 6) is 0.333. The minimum Gasteiger partial charge on any atom is -0.508 e. The minimum atomic E-state index is 0.333. The van der Waals surface area contributed by atoms with Crippen LogP contribution in [0.5, 0.6) is 5.75 Å². The van der Waals surface area contributed by atoms with Gasteiger partial charge in [-0.15, -0.1) is 0 Å². The standard InChI is InChI=1S/C14H14O/c1-11-5-7-12(8-6-11)9-13-3-2-4-14(15)10-13/h2-8,10,15H,9H2,1H3. The molecule has 0 atom stereocenters. The molecule has 0 aromatic heterocycles. The highest BCUT2D eigenvalue weighted by Gasteiger charge is 1.97. The van der Waals surface area contributed by atoms with Gasteiger partial charge in [-0.25, -0.2) is 0 Å². The van der Waals surface area contributed by atoms with Crippen LogP contribution in [0.3, 0.4) is 0 Å². The lowest BCUT2D eigenvalue weighted by atomic mass is 10.0. The molecule has 2 aromatic carbocycles. The third-order valence-electron chi connectivity index (χ3n) is 2.44. The second kappa shape index (κ2) is 4.18. The first-order valence-electron chi connectivity index (χ1n) is 5.07. The molecule has 76 valence electrons. The van der Waals surface area contributed by atoms with Gasteiger partial charge >= 0.3 is 0 Å². The summed E-state index contributed by atoms with van der Waals surface area (Å²) >= 11 is 0. The van der Waals surface area contributed by atoms with Crippen molar-refractivity contribution in [1.29, 1.82) is 0 Å². The molecule has 15 heavy (non-hydrogen) atoms. The number of hydrogen-bond donors (Lipinski definition) is 1. The van der Waals surface area contributed by atoms with Crippen molar-refractivity contribution in [3.8, 4) is 5.75 Å². The molecule has 0 aliphatic rings. The Morgan fingerprint density at radius 3 is 2.33 bits per heavy atom. The van der Waals surface area contributed by atoms with Crippen molar-refractivity contribution in [1.82, 2.24) is 0 Å². The maximum Gasteiger partial charge on any atom is 0.115 e. The van der Waals surface area contributed by atoms with E-state index in [4.69, 9.17) is 0 Å². The van der Waals surface area contributed by atoms with Crippen molar-refractivity contribution >= 4 is 0 Å². The summed E-state index contributed by atoms with van der Waals surface area (Å²) in [5.41, 5.74) is 3.68. The summed E-state index contributed by atoms with van der Waals surface area (Å²) in [6, 6.07) is 15.9. The Morgan fingerprint density at radius 2 is 1.67 bits per heavy atom. The van der Waals surface area contributed by atoms with Gasteiger partial charge < -0.3 is 5.11 Å². The van der Waals surface area contributed by atoms with Crippen LogP contribution in [0.15, 0.2) is 48.5 Å². The van der Waals surface area contributed by atoms with Gasteiger partial charge in [0.15, 0.2) is 0 Å². The lowest BCUT2D eigenvalue weighted by molar-refractivity contribution is 0.474. The number of aromatic hydroxyl groups is 1. The number of phenols is 1. The fraction of sp³-hybridized carbons (Fsp3) is 0.143. The molecule has 0 bridgehead atoms. The molecule has 2 rings (SSSR count). The quantitative estimate of drug-likeness (QED) is 0.785. The van der Waals surface area contributed by atoms with E-state index in [-0.39, 0.29) is 0 Å². The second-order valence-electron chi connectivity index (χ2n) is 3.83. The Balaban J connectivity index is 2.18. The van der Waals surface area contributed by atoms with Gasteiger partial charge in [-0.3, -0.25) is 0 Å². The summed E-state index contributed by atoms with van der Waals surface area (Å²) in [6.45, 7) is 2.08. The molecule has 1 heteroatoms. The minimum absolute atomic E-state index is 0.333. The molecule has 0 fully saturated rings. The zero-order chi connectivity index (χ0) is 10.7. The molecular weight excluding hydrogens is 184 g/mol. The number of hydrogen-bond acceptors (Lipinski definition) is 1. The summed E-state index contributed by atoms with van der Waals surface area (Å²) < 4.78 is 0. The van der Waals surface area contributed by atoms with E-state index in [9.17, 15) is 5.11 Å². The predicted octanol–water partition coefficient (Wildman–Crippen LogP) is 3.29. The van der Waals surface area contributed by atoms with E-state index in [0.717, 1.165) is 12.0 Å². The average molecular weight is 198 g/mol. The zero-order valence-corrected chi connectivity index (χ0v) is 8.77. The Labute approximate surface area is 90.0 Å². The first-order chi connectivity index (χ1) is 7.24. The molecule has 0 radical (unpaired) electrons. The van der Waals surface area contributed by atoms with E-state index in [1.807, 2.05) is 12.1 Å². The maximum atomic E-state index is 9.34. The van der Waals surface area contributed by atoms with Crippen LogP contribution in [0.4, 0.5) is 0 Å². The average Bonchev–Trinajstić information content (AvgIpc) is 2.22. The molecule has 0 aliphatic heterocycles. The highest BCUT2D eigenvalue weighted by atomic mass is 16.3. The fourth-order valence-corrected chi connectivity index (χ4v) is 1.61. The van der Waals surface area contributed by atoms with E-state index in [2.05, 4.69) is 31.2 Å². The van der Waals surface area contributed by atoms with Crippen molar-refractivity contribution in [2.45, 2.75) is 13.3 Å². The van der Waals surface area contributed by atoms with Crippen LogP contribution < -0.4 is 0 Å². The highest BCUT2D eigenvalue weighted by Crippen LogP contribution is 2.15. The van der Waals surface area contributed by atoms with E-state index < -0.39 is 0 Å². The zero-order valence-electron chi connectivity index (χ0n) is 8.77. The lowest BCUT2D eigenvalue weighted by Crippen LogP contribution is -1.87. The first-order valence-corrected chi connectivity index (χ1v) is 5.07. The predicted molar refractivity (Wildman–Crippen MR) is 62.1 cm³/mol. The first kappa shape index (κ1) is 9.78. The molecule has 0 saturated carbocycles. The van der Waals surface area contributed by atoms with Crippen molar-refractivity contribution < 1.29 is 5.11 Å². The van der Waals surface area contributed by atoms with Crippen LogP contribution in [0.1, 0.15) is 16.7 Å². The van der Waals surface area contributed by atoms with Crippen LogP contribution in [0, 0.1) is 6.92 Å². The van der Waals surface area contributed by atoms with E-state index >= 15 is 0 Å². The molecule has 0 amide bonds. The molecule has 1 N–H and O–H groups in total. The Morgan fingerprint density at radius 1 is 0.933 bits per heavy atom. The summed E-state index contributed by atoms with van der Waals surface area (Å²) in [7, 11) is 0. The Bertz CT molecular complexity index is 443. The molecule has 0 heterocycles. The van der Waals surface area contributed by atoms with Gasteiger partial charge in [0.25, 0.3) is 0 Å². The molecule has 0 spiro atoms. The van der Waals surface area contributed by atoms with Gasteiger partial charge in [-0.1, -0.05) is 42.0 Å². The number of aryl methyl sites for hydroxylation is 1. The highest BCUT2D eigenvalue weighted by molar-refractivity contribution is 5.32. The van der Waals surface area contributed by atoms with Gasteiger partial charge in [-0.05, 0) is 36.6 Å². The van der Waals surface area contributed by atoms with Crippen LogP contribution in [-0.2, 0) is 6.42 Å². The van der Waals surface area contributed by atoms with E-state index in [1.165, 1.54) is 11.1 Å². The summed E-state index contributed by atoms with van der Waals surface area (Å²) in [6.07, 6.45) is 0.870. The van der Waals surface area contributed by atoms with Gasteiger partial charge in [0, 0.05) is 0 Å². The smallest absolute Gasteiger partial charge is 0.115 e. The monoisotopic (exact) mass is 198 g/mol. The fourth-order valence-electron chi connectivity index (χ4n) is 1.61. The molecule has 0 saturated heterocycles. The Kier molecular flexibility index (Phi) is 2.72. The largest absolute Gasteiger partial charge is 0.508 e. The number of rotatable bonds is 2. The molecular formula is C14H14O. The van der Waals surface area contributed by atoms with Crippen LogP contribution in [0.2, 0.25) is 0 Å². The summed E-state index contributed by atoms with van der Waals surface area (Å²) in [5, 5.41) is 9.34. The van der Waals surface area contributed by atoms with Crippen LogP contribution >= 0.6 is 0 Å². The lowest BCUT2D eigenvalue weighted by Gasteiger charge is -2.03. The Hall–Kier alpha value is -1.76. The normalized spacial score (nSPS) is 10.2. The van der Waals surface area contributed by atoms with Crippen LogP contribution in [-0.4, -0.2) is 5.11 Å². The second-order valence-corrected chi connectivity index (χ2v) is 3.83. The third-order valence-corrected chi connectivity index (χ3v) is 2.44. The molecule has 0 unspecified atom stereocenters. The third kappa shape index (κ3) is 2.59. The van der Waals surface area contributed by atoms with Gasteiger partial charge in [0.05, 0.1) is 0 Å². The van der Waals surface area contributed by atoms with E-state index in [1.54, 1.807) is 12.1 Å². The van der Waals surface area contributed by atoms with Crippen molar-refractivity contribution in [2.24, 2.45) is 0 Å². The van der Waals surface area contributed by atoms with Gasteiger partial charge in [-0.2, -0.15) is 0 Å². The van der Waals surface area contributed by atoms with E-state index in [0.29, 0.717) is 5.75 Å². The topological polar surface area (TPSA) is 20.2 Å².